The summed E-state index contributed by atoms with van der Waals surface area (Å²) in [5, 5.41) is 0. The van der Waals surface area contributed by atoms with Gasteiger partial charge in [-0.25, -0.2) is 0 Å². The Morgan fingerprint density at radius 1 is 0.968 bits per heavy atom. The van der Waals surface area contributed by atoms with Crippen LogP contribution in [0.15, 0.2) is 24.4 Å². The molecule has 0 spiro atoms. The topological polar surface area (TPSA) is 57.7 Å². The minimum Gasteiger partial charge on any atom is -0.342 e. The van der Waals surface area contributed by atoms with Gasteiger partial charge in [-0.1, -0.05) is 46.6 Å². The summed E-state index contributed by atoms with van der Waals surface area (Å²) < 4.78 is 0. The van der Waals surface area contributed by atoms with Crippen LogP contribution >= 0.6 is 0 Å². The first-order chi connectivity index (χ1) is 14.7. The average Bonchev–Trinajstić information content (AvgIpc) is 3.32. The van der Waals surface area contributed by atoms with Crippen molar-refractivity contribution in [1.29, 1.82) is 0 Å². The Balaban J connectivity index is 1.42. The maximum absolute atomic E-state index is 12.4. The van der Waals surface area contributed by atoms with Gasteiger partial charge in [-0.15, -0.1) is 0 Å². The molecule has 0 aromatic heterocycles. The Hall–Kier alpha value is -1.91. The number of Topliss-reactive ketones (excluding diaryl/α,β-unsaturated/α-hetero) is 1. The van der Waals surface area contributed by atoms with Gasteiger partial charge in [0.1, 0.15) is 5.78 Å². The highest BCUT2D eigenvalue weighted by Crippen LogP contribution is 2.33. The molecule has 2 rings (SSSR count). The molecule has 5 heteroatoms. The van der Waals surface area contributed by atoms with Crippen LogP contribution in [0.5, 0.6) is 0 Å². The van der Waals surface area contributed by atoms with E-state index in [4.69, 9.17) is 0 Å². The zero-order valence-corrected chi connectivity index (χ0v) is 20.0. The molecule has 0 aromatic rings. The van der Waals surface area contributed by atoms with E-state index in [0.717, 1.165) is 70.2 Å². The second kappa shape index (κ2) is 12.2. The normalized spacial score (nSPS) is 19.0. The minimum absolute atomic E-state index is 0.0114. The SMILES string of the molecule is C=C1C=CC(=O)N1CCCCCC(=O)CCCCCCC(=O)N1CCC(C(C)(C)C)C1. The van der Waals surface area contributed by atoms with E-state index < -0.39 is 0 Å². The van der Waals surface area contributed by atoms with Gasteiger partial charge in [0.25, 0.3) is 5.91 Å². The quantitative estimate of drug-likeness (QED) is 0.374. The summed E-state index contributed by atoms with van der Waals surface area (Å²) in [6.07, 6.45) is 13.0. The Bertz CT molecular complexity index is 657. The predicted octanol–water partition coefficient (Wildman–Crippen LogP) is 5.26. The van der Waals surface area contributed by atoms with Crippen LogP contribution in [0.4, 0.5) is 0 Å². The van der Waals surface area contributed by atoms with Crippen molar-refractivity contribution in [2.75, 3.05) is 19.6 Å². The molecule has 2 heterocycles. The fourth-order valence-corrected chi connectivity index (χ4v) is 4.44. The van der Waals surface area contributed by atoms with Crippen molar-refractivity contribution in [3.8, 4) is 0 Å². The largest absolute Gasteiger partial charge is 0.342 e. The van der Waals surface area contributed by atoms with Crippen LogP contribution in [-0.2, 0) is 14.4 Å². The highest BCUT2D eigenvalue weighted by Gasteiger charge is 2.33. The minimum atomic E-state index is 0.0114. The summed E-state index contributed by atoms with van der Waals surface area (Å²) in [5.74, 6) is 1.27. The molecular formula is C26H42N2O3. The van der Waals surface area contributed by atoms with Gasteiger partial charge in [0, 0.05) is 50.7 Å². The maximum Gasteiger partial charge on any atom is 0.251 e. The van der Waals surface area contributed by atoms with E-state index in [1.54, 1.807) is 17.1 Å². The Kier molecular flexibility index (Phi) is 9.98. The van der Waals surface area contributed by atoms with Crippen LogP contribution in [0.2, 0.25) is 0 Å². The van der Waals surface area contributed by atoms with Gasteiger partial charge < -0.3 is 9.80 Å². The molecule has 0 aliphatic carbocycles. The lowest BCUT2D eigenvalue weighted by Crippen LogP contribution is -2.30. The second-order valence-electron chi connectivity index (χ2n) is 10.3. The van der Waals surface area contributed by atoms with Crippen molar-refractivity contribution >= 4 is 17.6 Å². The van der Waals surface area contributed by atoms with Crippen LogP contribution in [0, 0.1) is 11.3 Å². The lowest BCUT2D eigenvalue weighted by atomic mass is 9.80. The van der Waals surface area contributed by atoms with Crippen molar-refractivity contribution in [3.63, 3.8) is 0 Å². The molecule has 1 fully saturated rings. The number of unbranched alkanes of at least 4 members (excludes halogenated alkanes) is 5. The summed E-state index contributed by atoms with van der Waals surface area (Å²) in [4.78, 5) is 39.8. The van der Waals surface area contributed by atoms with Gasteiger partial charge in [0.2, 0.25) is 5.91 Å². The van der Waals surface area contributed by atoms with Crippen molar-refractivity contribution in [3.05, 3.63) is 24.4 Å². The van der Waals surface area contributed by atoms with Crippen molar-refractivity contribution in [2.45, 2.75) is 91.4 Å². The number of hydrogen-bond acceptors (Lipinski definition) is 3. The molecule has 31 heavy (non-hydrogen) atoms. The van der Waals surface area contributed by atoms with E-state index >= 15 is 0 Å². The van der Waals surface area contributed by atoms with Crippen LogP contribution in [-0.4, -0.2) is 47.0 Å². The average molecular weight is 431 g/mol. The molecule has 174 valence electrons. The summed E-state index contributed by atoms with van der Waals surface area (Å²) in [6, 6.07) is 0. The van der Waals surface area contributed by atoms with Gasteiger partial charge >= 0.3 is 0 Å². The van der Waals surface area contributed by atoms with Gasteiger partial charge in [0.15, 0.2) is 0 Å². The molecule has 2 aliphatic heterocycles. The molecule has 2 aliphatic rings. The zero-order chi connectivity index (χ0) is 22.9. The van der Waals surface area contributed by atoms with Crippen molar-refractivity contribution in [2.24, 2.45) is 11.3 Å². The first kappa shape index (κ1) is 25.4. The molecule has 1 atom stereocenters. The molecule has 1 saturated heterocycles. The lowest BCUT2D eigenvalue weighted by Gasteiger charge is -2.27. The second-order valence-corrected chi connectivity index (χ2v) is 10.3. The fraction of sp³-hybridized carbons (Fsp3) is 0.731. The third-order valence-corrected chi connectivity index (χ3v) is 6.73. The van der Waals surface area contributed by atoms with E-state index in [2.05, 4.69) is 27.4 Å². The highest BCUT2D eigenvalue weighted by molar-refractivity contribution is 5.92. The van der Waals surface area contributed by atoms with Crippen LogP contribution < -0.4 is 0 Å². The highest BCUT2D eigenvalue weighted by atomic mass is 16.2. The van der Waals surface area contributed by atoms with Crippen LogP contribution in [0.3, 0.4) is 0 Å². The molecule has 0 N–H and O–H groups in total. The summed E-state index contributed by atoms with van der Waals surface area (Å²) in [6.45, 7) is 13.2. The first-order valence-electron chi connectivity index (χ1n) is 12.2. The van der Waals surface area contributed by atoms with Crippen molar-refractivity contribution < 1.29 is 14.4 Å². The van der Waals surface area contributed by atoms with E-state index in [1.807, 2.05) is 4.90 Å². The van der Waals surface area contributed by atoms with Gasteiger partial charge in [-0.2, -0.15) is 0 Å². The molecule has 0 aromatic carbocycles. The van der Waals surface area contributed by atoms with Crippen molar-refractivity contribution in [1.82, 2.24) is 9.80 Å². The van der Waals surface area contributed by atoms with Crippen LogP contribution in [0.25, 0.3) is 0 Å². The first-order valence-corrected chi connectivity index (χ1v) is 12.2. The van der Waals surface area contributed by atoms with E-state index in [-0.39, 0.29) is 11.3 Å². The summed E-state index contributed by atoms with van der Waals surface area (Å²) >= 11 is 0. The molecule has 1 unspecified atom stereocenters. The molecule has 2 amide bonds. The molecule has 0 radical (unpaired) electrons. The van der Waals surface area contributed by atoms with E-state index in [0.29, 0.717) is 43.4 Å². The van der Waals surface area contributed by atoms with E-state index in [1.165, 1.54) is 0 Å². The molecule has 0 saturated carbocycles. The fourth-order valence-electron chi connectivity index (χ4n) is 4.44. The number of amides is 2. The summed E-state index contributed by atoms with van der Waals surface area (Å²) in [5.41, 5.74) is 1.04. The van der Waals surface area contributed by atoms with Gasteiger partial charge in [-0.05, 0) is 49.5 Å². The number of ketones is 1. The number of rotatable bonds is 13. The van der Waals surface area contributed by atoms with Gasteiger partial charge in [-0.3, -0.25) is 14.4 Å². The number of hydrogen-bond donors (Lipinski definition) is 0. The molecule has 5 nitrogen and oxygen atoms in total. The van der Waals surface area contributed by atoms with Crippen LogP contribution in [0.1, 0.15) is 91.4 Å². The standard InChI is InChI=1S/C26H42N2O3/c1-21-15-16-25(31)28(21)18-11-7-9-13-23(29)12-8-5-6-10-14-24(30)27-19-17-22(20-27)26(2,3)4/h15-16,22H,1,5-14,17-20H2,2-4H3. The Labute approximate surface area is 188 Å². The van der Waals surface area contributed by atoms with E-state index in [9.17, 15) is 14.4 Å². The number of likely N-dealkylation sites (tertiary alicyclic amines) is 1. The Morgan fingerprint density at radius 3 is 2.13 bits per heavy atom. The number of carbonyl (C=O) groups is 3. The molecule has 0 bridgehead atoms. The number of carbonyl (C=O) groups excluding carboxylic acids is 3. The third kappa shape index (κ3) is 8.62. The maximum atomic E-state index is 12.4. The third-order valence-electron chi connectivity index (χ3n) is 6.73. The lowest BCUT2D eigenvalue weighted by molar-refractivity contribution is -0.130. The zero-order valence-electron chi connectivity index (χ0n) is 20.0. The summed E-state index contributed by atoms with van der Waals surface area (Å²) in [7, 11) is 0. The number of allylic oxidation sites excluding steroid dienone is 1. The Morgan fingerprint density at radius 2 is 1.58 bits per heavy atom. The smallest absolute Gasteiger partial charge is 0.251 e. The monoisotopic (exact) mass is 430 g/mol. The number of nitrogens with zero attached hydrogens (tertiary/aromatic N) is 2. The molecular weight excluding hydrogens is 388 g/mol. The van der Waals surface area contributed by atoms with Gasteiger partial charge in [0.05, 0.1) is 0 Å². The predicted molar refractivity (Wildman–Crippen MR) is 125 cm³/mol.